The lowest BCUT2D eigenvalue weighted by molar-refractivity contribution is -0.00978. The summed E-state index contributed by atoms with van der Waals surface area (Å²) in [6, 6.07) is 8.72. The summed E-state index contributed by atoms with van der Waals surface area (Å²) < 4.78 is 32.4. The van der Waals surface area contributed by atoms with E-state index in [-0.39, 0.29) is 0 Å². The zero-order valence-corrected chi connectivity index (χ0v) is 19.9. The average Bonchev–Trinajstić information content (AvgIpc) is 3.34. The highest BCUT2D eigenvalue weighted by Crippen LogP contribution is 2.20. The van der Waals surface area contributed by atoms with Gasteiger partial charge in [-0.1, -0.05) is 12.1 Å². The number of nitrogens with one attached hydrogen (secondary N) is 1. The number of rotatable bonds is 20. The second-order valence-corrected chi connectivity index (χ2v) is 7.71. The molecule has 1 aliphatic heterocycles. The van der Waals surface area contributed by atoms with Crippen LogP contribution >= 0.6 is 0 Å². The van der Waals surface area contributed by atoms with Gasteiger partial charge in [0.1, 0.15) is 12.4 Å². The van der Waals surface area contributed by atoms with E-state index in [1.165, 1.54) is 31.5 Å². The summed E-state index contributed by atoms with van der Waals surface area (Å²) in [5, 5.41) is 3.43. The molecule has 1 saturated heterocycles. The van der Waals surface area contributed by atoms with Gasteiger partial charge >= 0.3 is 0 Å². The van der Waals surface area contributed by atoms with Crippen LogP contribution in [0.5, 0.6) is 5.75 Å². The molecule has 1 aliphatic rings. The first-order valence-electron chi connectivity index (χ1n) is 11.8. The summed E-state index contributed by atoms with van der Waals surface area (Å²) >= 11 is 0. The topological polar surface area (TPSA) is 70.7 Å². The van der Waals surface area contributed by atoms with Gasteiger partial charge in [0.25, 0.3) is 0 Å². The van der Waals surface area contributed by atoms with E-state index in [4.69, 9.17) is 28.4 Å². The summed E-state index contributed by atoms with van der Waals surface area (Å²) in [6.45, 7) is 9.08. The van der Waals surface area contributed by atoms with Crippen molar-refractivity contribution in [2.24, 2.45) is 0 Å². The van der Waals surface area contributed by atoms with Crippen molar-refractivity contribution in [2.45, 2.75) is 18.9 Å². The Hall–Kier alpha value is -1.26. The van der Waals surface area contributed by atoms with E-state index in [9.17, 15) is 0 Å². The molecule has 2 rings (SSSR count). The Bertz CT molecular complexity index is 554. The molecule has 0 bridgehead atoms. The van der Waals surface area contributed by atoms with Crippen LogP contribution in [0.15, 0.2) is 24.3 Å². The van der Waals surface area contributed by atoms with E-state index < -0.39 is 0 Å². The SMILES string of the molecule is CN[C@H](CN1CCCC1)c1ccc(OCCOCCOCCOCCOCCOC)cc1. The lowest BCUT2D eigenvalue weighted by Crippen LogP contribution is -2.31. The van der Waals surface area contributed by atoms with Crippen molar-refractivity contribution < 1.29 is 28.4 Å². The molecule has 32 heavy (non-hydrogen) atoms. The molecule has 8 nitrogen and oxygen atoms in total. The zero-order valence-electron chi connectivity index (χ0n) is 19.9. The van der Waals surface area contributed by atoms with Gasteiger partial charge < -0.3 is 38.6 Å². The molecule has 1 N–H and O–H groups in total. The fraction of sp³-hybridized carbons (Fsp3) is 0.750. The Kier molecular flexibility index (Phi) is 15.3. The van der Waals surface area contributed by atoms with Gasteiger partial charge in [-0.3, -0.25) is 0 Å². The quantitative estimate of drug-likeness (QED) is 0.301. The third-order valence-corrected chi connectivity index (χ3v) is 5.31. The van der Waals surface area contributed by atoms with Gasteiger partial charge in [0, 0.05) is 19.7 Å². The van der Waals surface area contributed by atoms with Gasteiger partial charge in [-0.05, 0) is 50.7 Å². The summed E-state index contributed by atoms with van der Waals surface area (Å²) in [7, 11) is 3.68. The fourth-order valence-electron chi connectivity index (χ4n) is 3.51. The van der Waals surface area contributed by atoms with Gasteiger partial charge in [-0.15, -0.1) is 0 Å². The van der Waals surface area contributed by atoms with Gasteiger partial charge in [-0.2, -0.15) is 0 Å². The summed E-state index contributed by atoms with van der Waals surface area (Å²) in [6.07, 6.45) is 2.63. The Morgan fingerprint density at radius 1 is 0.750 bits per heavy atom. The Labute approximate surface area is 193 Å². The second-order valence-electron chi connectivity index (χ2n) is 7.71. The first kappa shape index (κ1) is 27.0. The van der Waals surface area contributed by atoms with E-state index in [1.54, 1.807) is 7.11 Å². The van der Waals surface area contributed by atoms with Crippen molar-refractivity contribution >= 4 is 0 Å². The number of likely N-dealkylation sites (N-methyl/N-ethyl adjacent to an activating group) is 1. The third-order valence-electron chi connectivity index (χ3n) is 5.31. The molecule has 0 unspecified atom stereocenters. The minimum atomic E-state index is 0.352. The third kappa shape index (κ3) is 12.1. The van der Waals surface area contributed by atoms with E-state index in [1.807, 2.05) is 19.2 Å². The van der Waals surface area contributed by atoms with Crippen molar-refractivity contribution in [3.8, 4) is 5.75 Å². The van der Waals surface area contributed by atoms with Crippen LogP contribution in [-0.4, -0.2) is 105 Å². The van der Waals surface area contributed by atoms with E-state index in [2.05, 4.69) is 22.3 Å². The normalized spacial score (nSPS) is 15.3. The van der Waals surface area contributed by atoms with Gasteiger partial charge in [-0.25, -0.2) is 0 Å². The van der Waals surface area contributed by atoms with Crippen molar-refractivity contribution in [1.82, 2.24) is 10.2 Å². The largest absolute Gasteiger partial charge is 0.491 e. The molecule has 184 valence electrons. The zero-order chi connectivity index (χ0) is 22.7. The maximum atomic E-state index is 5.78. The molecular weight excluding hydrogens is 412 g/mol. The van der Waals surface area contributed by atoms with Crippen molar-refractivity contribution in [1.29, 1.82) is 0 Å². The van der Waals surface area contributed by atoms with Crippen LogP contribution in [-0.2, 0) is 23.7 Å². The van der Waals surface area contributed by atoms with Crippen LogP contribution in [0.4, 0.5) is 0 Å². The maximum Gasteiger partial charge on any atom is 0.119 e. The molecule has 8 heteroatoms. The van der Waals surface area contributed by atoms with Crippen LogP contribution < -0.4 is 10.1 Å². The van der Waals surface area contributed by atoms with Crippen LogP contribution in [0, 0.1) is 0 Å². The number of benzene rings is 1. The number of hydrogen-bond donors (Lipinski definition) is 1. The predicted octanol–water partition coefficient (Wildman–Crippen LogP) is 2.13. The monoisotopic (exact) mass is 454 g/mol. The molecule has 0 aromatic heterocycles. The van der Waals surface area contributed by atoms with Crippen LogP contribution in [0.25, 0.3) is 0 Å². The first-order chi connectivity index (χ1) is 15.8. The Morgan fingerprint density at radius 3 is 1.75 bits per heavy atom. The number of methoxy groups -OCH3 is 1. The maximum absolute atomic E-state index is 5.78. The van der Waals surface area contributed by atoms with Gasteiger partial charge in [0.05, 0.1) is 59.5 Å². The molecule has 1 fully saturated rings. The standard InChI is InChI=1S/C24H42N2O6/c1-25-24(21-26-9-3-4-10-26)22-5-7-23(8-6-22)32-20-19-31-18-17-30-16-15-29-14-13-28-12-11-27-2/h5-8,24-25H,3-4,9-21H2,1-2H3/t24-/m1/s1. The minimum absolute atomic E-state index is 0.352. The van der Waals surface area contributed by atoms with Gasteiger partial charge in [0.15, 0.2) is 0 Å². The molecule has 1 heterocycles. The molecule has 1 aromatic rings. The fourth-order valence-corrected chi connectivity index (χ4v) is 3.51. The summed E-state index contributed by atoms with van der Waals surface area (Å²) in [5.41, 5.74) is 1.29. The molecule has 0 amide bonds. The number of likely N-dealkylation sites (tertiary alicyclic amines) is 1. The lowest BCUT2D eigenvalue weighted by atomic mass is 10.1. The molecule has 0 aliphatic carbocycles. The second kappa shape index (κ2) is 18.2. The molecule has 1 aromatic carbocycles. The number of hydrogen-bond acceptors (Lipinski definition) is 8. The van der Waals surface area contributed by atoms with Crippen LogP contribution in [0.3, 0.4) is 0 Å². The lowest BCUT2D eigenvalue weighted by Gasteiger charge is -2.23. The molecular formula is C24H42N2O6. The smallest absolute Gasteiger partial charge is 0.119 e. The van der Waals surface area contributed by atoms with Crippen molar-refractivity contribution in [2.75, 3.05) is 99.9 Å². The highest BCUT2D eigenvalue weighted by molar-refractivity contribution is 5.29. The van der Waals surface area contributed by atoms with Crippen LogP contribution in [0.1, 0.15) is 24.4 Å². The van der Waals surface area contributed by atoms with E-state index in [0.29, 0.717) is 72.1 Å². The molecule has 1 atom stereocenters. The van der Waals surface area contributed by atoms with Crippen molar-refractivity contribution in [3.63, 3.8) is 0 Å². The summed E-state index contributed by atoms with van der Waals surface area (Å²) in [4.78, 5) is 2.53. The Balaban J connectivity index is 1.42. The molecule has 0 radical (unpaired) electrons. The minimum Gasteiger partial charge on any atom is -0.491 e. The highest BCUT2D eigenvalue weighted by Gasteiger charge is 2.17. The molecule has 0 spiro atoms. The van der Waals surface area contributed by atoms with Crippen LogP contribution in [0.2, 0.25) is 0 Å². The Morgan fingerprint density at radius 2 is 1.25 bits per heavy atom. The number of ether oxygens (including phenoxy) is 6. The van der Waals surface area contributed by atoms with Crippen molar-refractivity contribution in [3.05, 3.63) is 29.8 Å². The highest BCUT2D eigenvalue weighted by atomic mass is 16.6. The number of nitrogens with zero attached hydrogens (tertiary/aromatic N) is 1. The van der Waals surface area contributed by atoms with E-state index in [0.717, 1.165) is 12.3 Å². The molecule has 0 saturated carbocycles. The van der Waals surface area contributed by atoms with Gasteiger partial charge in [0.2, 0.25) is 0 Å². The summed E-state index contributed by atoms with van der Waals surface area (Å²) in [5.74, 6) is 0.868. The van der Waals surface area contributed by atoms with E-state index >= 15 is 0 Å². The predicted molar refractivity (Wildman–Crippen MR) is 125 cm³/mol. The average molecular weight is 455 g/mol. The first-order valence-corrected chi connectivity index (χ1v) is 11.8.